The van der Waals surface area contributed by atoms with E-state index in [-0.39, 0.29) is 16.7 Å². The maximum absolute atomic E-state index is 12.9. The molecule has 7 nitrogen and oxygen atoms in total. The fraction of sp³-hybridized carbons (Fsp3) is 0.364. The zero-order valence-electron chi connectivity index (χ0n) is 17.1. The Morgan fingerprint density at radius 1 is 1.13 bits per heavy atom. The standard InChI is InChI=1S/C22H25N3O4S/c1-24(16-18-5-3-17(15-23)4-6-18)22(26)19-11-13-25(14-12-19)30(27,28)21-9-7-20(29-2)8-10-21/h3-10,19H,11-14,16H2,1-2H3. The van der Waals surface area contributed by atoms with Crippen LogP contribution in [0.2, 0.25) is 0 Å². The molecule has 0 aliphatic carbocycles. The number of hydrogen-bond donors (Lipinski definition) is 0. The average molecular weight is 428 g/mol. The van der Waals surface area contributed by atoms with Gasteiger partial charge in [-0.3, -0.25) is 4.79 Å². The highest BCUT2D eigenvalue weighted by Gasteiger charge is 2.33. The molecule has 0 unspecified atom stereocenters. The van der Waals surface area contributed by atoms with Crippen LogP contribution in [0.15, 0.2) is 53.4 Å². The predicted molar refractivity (Wildman–Crippen MR) is 112 cm³/mol. The molecule has 1 amide bonds. The molecule has 0 N–H and O–H groups in total. The van der Waals surface area contributed by atoms with Crippen LogP contribution in [0.3, 0.4) is 0 Å². The van der Waals surface area contributed by atoms with Gasteiger partial charge in [-0.15, -0.1) is 0 Å². The molecule has 0 spiro atoms. The van der Waals surface area contributed by atoms with E-state index >= 15 is 0 Å². The zero-order valence-corrected chi connectivity index (χ0v) is 17.9. The molecule has 0 bridgehead atoms. The summed E-state index contributed by atoms with van der Waals surface area (Å²) in [4.78, 5) is 14.7. The fourth-order valence-corrected chi connectivity index (χ4v) is 5.06. The van der Waals surface area contributed by atoms with Gasteiger partial charge in [-0.05, 0) is 54.8 Å². The van der Waals surface area contributed by atoms with Crippen molar-refractivity contribution in [1.29, 1.82) is 5.26 Å². The molecule has 0 atom stereocenters. The Balaban J connectivity index is 1.58. The maximum Gasteiger partial charge on any atom is 0.243 e. The van der Waals surface area contributed by atoms with Crippen molar-refractivity contribution < 1.29 is 17.9 Å². The van der Waals surface area contributed by atoms with Crippen molar-refractivity contribution in [1.82, 2.24) is 9.21 Å². The first-order chi connectivity index (χ1) is 14.3. The molecular weight excluding hydrogens is 402 g/mol. The van der Waals surface area contributed by atoms with E-state index in [9.17, 15) is 13.2 Å². The van der Waals surface area contributed by atoms with Crippen molar-refractivity contribution in [3.8, 4) is 11.8 Å². The SMILES string of the molecule is COc1ccc(S(=O)(=O)N2CCC(C(=O)N(C)Cc3ccc(C#N)cc3)CC2)cc1. The van der Waals surface area contributed by atoms with Crippen molar-refractivity contribution in [2.24, 2.45) is 5.92 Å². The minimum Gasteiger partial charge on any atom is -0.497 e. The summed E-state index contributed by atoms with van der Waals surface area (Å²) in [5, 5.41) is 8.88. The van der Waals surface area contributed by atoms with Crippen molar-refractivity contribution in [2.75, 3.05) is 27.2 Å². The number of nitrogens with zero attached hydrogens (tertiary/aromatic N) is 3. The van der Waals surface area contributed by atoms with Gasteiger partial charge in [0.2, 0.25) is 15.9 Å². The molecule has 30 heavy (non-hydrogen) atoms. The van der Waals surface area contributed by atoms with Crippen LogP contribution < -0.4 is 4.74 Å². The Bertz CT molecular complexity index is 1020. The minimum atomic E-state index is -3.59. The lowest BCUT2D eigenvalue weighted by molar-refractivity contribution is -0.135. The number of sulfonamides is 1. The number of piperidine rings is 1. The van der Waals surface area contributed by atoms with Gasteiger partial charge in [0.1, 0.15) is 5.75 Å². The van der Waals surface area contributed by atoms with Gasteiger partial charge in [-0.1, -0.05) is 12.1 Å². The first-order valence-electron chi connectivity index (χ1n) is 9.73. The second kappa shape index (κ2) is 9.28. The molecule has 1 saturated heterocycles. The van der Waals surface area contributed by atoms with Gasteiger partial charge in [-0.25, -0.2) is 8.42 Å². The molecule has 1 aliphatic heterocycles. The molecule has 1 fully saturated rings. The van der Waals surface area contributed by atoms with Crippen molar-refractivity contribution in [3.05, 3.63) is 59.7 Å². The average Bonchev–Trinajstić information content (AvgIpc) is 2.79. The van der Waals surface area contributed by atoms with Gasteiger partial charge in [0.15, 0.2) is 0 Å². The lowest BCUT2D eigenvalue weighted by Gasteiger charge is -2.32. The number of amides is 1. The van der Waals surface area contributed by atoms with Gasteiger partial charge >= 0.3 is 0 Å². The van der Waals surface area contributed by atoms with Crippen LogP contribution in [-0.4, -0.2) is 50.8 Å². The lowest BCUT2D eigenvalue weighted by Crippen LogP contribution is -2.43. The van der Waals surface area contributed by atoms with E-state index < -0.39 is 10.0 Å². The summed E-state index contributed by atoms with van der Waals surface area (Å²) < 4.78 is 32.2. The normalized spacial score (nSPS) is 15.4. The smallest absolute Gasteiger partial charge is 0.243 e. The summed E-state index contributed by atoms with van der Waals surface area (Å²) in [6.07, 6.45) is 0.984. The Kier molecular flexibility index (Phi) is 6.75. The molecule has 0 aromatic heterocycles. The third kappa shape index (κ3) is 4.81. The Morgan fingerprint density at radius 3 is 2.27 bits per heavy atom. The van der Waals surface area contributed by atoms with Crippen LogP contribution in [0.1, 0.15) is 24.0 Å². The summed E-state index contributed by atoms with van der Waals surface area (Å²) in [5.41, 5.74) is 1.53. The number of benzene rings is 2. The van der Waals surface area contributed by atoms with Crippen LogP contribution in [0, 0.1) is 17.2 Å². The molecule has 158 valence electrons. The van der Waals surface area contributed by atoms with Crippen LogP contribution in [0.25, 0.3) is 0 Å². The van der Waals surface area contributed by atoms with E-state index in [1.165, 1.54) is 23.5 Å². The predicted octanol–water partition coefficient (Wildman–Crippen LogP) is 2.63. The summed E-state index contributed by atoms with van der Waals surface area (Å²) in [7, 11) is -0.303. The van der Waals surface area contributed by atoms with E-state index in [4.69, 9.17) is 10.00 Å². The van der Waals surface area contributed by atoms with Gasteiger partial charge in [0, 0.05) is 32.6 Å². The first kappa shape index (κ1) is 21.8. The van der Waals surface area contributed by atoms with Crippen LogP contribution in [0.5, 0.6) is 5.75 Å². The highest BCUT2D eigenvalue weighted by Crippen LogP contribution is 2.26. The Labute approximate surface area is 177 Å². The first-order valence-corrected chi connectivity index (χ1v) is 11.2. The molecule has 1 heterocycles. The molecule has 1 aliphatic rings. The number of methoxy groups -OCH3 is 1. The van der Waals surface area contributed by atoms with Gasteiger partial charge in [0.05, 0.1) is 23.6 Å². The highest BCUT2D eigenvalue weighted by atomic mass is 32.2. The summed E-state index contributed by atoms with van der Waals surface area (Å²) >= 11 is 0. The second-order valence-electron chi connectivity index (χ2n) is 7.36. The zero-order chi connectivity index (χ0) is 21.7. The third-order valence-electron chi connectivity index (χ3n) is 5.38. The molecule has 3 rings (SSSR count). The van der Waals surface area contributed by atoms with Gasteiger partial charge < -0.3 is 9.64 Å². The summed E-state index contributed by atoms with van der Waals surface area (Å²) in [6, 6.07) is 15.5. The Morgan fingerprint density at radius 2 is 1.73 bits per heavy atom. The van der Waals surface area contributed by atoms with E-state index in [1.54, 1.807) is 36.2 Å². The van der Waals surface area contributed by atoms with Crippen LogP contribution >= 0.6 is 0 Å². The highest BCUT2D eigenvalue weighted by molar-refractivity contribution is 7.89. The number of hydrogen-bond acceptors (Lipinski definition) is 5. The number of carbonyl (C=O) groups excluding carboxylic acids is 1. The number of nitriles is 1. The number of carbonyl (C=O) groups is 1. The molecule has 8 heteroatoms. The van der Waals surface area contributed by atoms with Gasteiger partial charge in [-0.2, -0.15) is 9.57 Å². The maximum atomic E-state index is 12.9. The fourth-order valence-electron chi connectivity index (χ4n) is 3.59. The van der Waals surface area contributed by atoms with E-state index in [2.05, 4.69) is 6.07 Å². The molecule has 0 radical (unpaired) electrons. The third-order valence-corrected chi connectivity index (χ3v) is 7.29. The molecule has 0 saturated carbocycles. The Hall–Kier alpha value is -2.89. The topological polar surface area (TPSA) is 90.7 Å². The van der Waals surface area contributed by atoms with Gasteiger partial charge in [0.25, 0.3) is 0 Å². The lowest BCUT2D eigenvalue weighted by atomic mass is 9.96. The van der Waals surface area contributed by atoms with Crippen molar-refractivity contribution in [2.45, 2.75) is 24.3 Å². The largest absolute Gasteiger partial charge is 0.497 e. The van der Waals surface area contributed by atoms with Crippen molar-refractivity contribution >= 4 is 15.9 Å². The number of ether oxygens (including phenoxy) is 1. The van der Waals surface area contributed by atoms with Crippen LogP contribution in [-0.2, 0) is 21.4 Å². The summed E-state index contributed by atoms with van der Waals surface area (Å²) in [5.74, 6) is 0.417. The van der Waals surface area contributed by atoms with E-state index in [0.717, 1.165) is 5.56 Å². The minimum absolute atomic E-state index is 0.0147. The molecular formula is C22H25N3O4S. The van der Waals surface area contributed by atoms with E-state index in [1.807, 2.05) is 12.1 Å². The van der Waals surface area contributed by atoms with Crippen molar-refractivity contribution in [3.63, 3.8) is 0 Å². The quantitative estimate of drug-likeness (QED) is 0.707. The second-order valence-corrected chi connectivity index (χ2v) is 9.29. The summed E-state index contributed by atoms with van der Waals surface area (Å²) in [6.45, 7) is 1.08. The molecule has 2 aromatic rings. The van der Waals surface area contributed by atoms with E-state index in [0.29, 0.717) is 43.8 Å². The number of rotatable bonds is 6. The molecule has 2 aromatic carbocycles. The monoisotopic (exact) mass is 427 g/mol. The van der Waals surface area contributed by atoms with Crippen LogP contribution in [0.4, 0.5) is 0 Å².